The van der Waals surface area contributed by atoms with E-state index in [-0.39, 0.29) is 5.41 Å². The van der Waals surface area contributed by atoms with Crippen molar-refractivity contribution in [3.63, 3.8) is 0 Å². The molecular weight excluding hydrogens is 222 g/mol. The van der Waals surface area contributed by atoms with Crippen LogP contribution in [0.25, 0.3) is 9.75 Å². The molecule has 2 aromatic heterocycles. The first-order chi connectivity index (χ1) is 7.14. The molecule has 0 radical (unpaired) electrons. The van der Waals surface area contributed by atoms with E-state index in [2.05, 4.69) is 31.4 Å². The van der Waals surface area contributed by atoms with Gasteiger partial charge in [-0.1, -0.05) is 13.8 Å². The maximum Gasteiger partial charge on any atom is 0.110 e. The number of hydrogen-bond donors (Lipinski definition) is 0. The monoisotopic (exact) mass is 231 g/mol. The average Bonchev–Trinajstić information content (AvgIpc) is 2.86. The van der Waals surface area contributed by atoms with Crippen LogP contribution in [-0.2, 0) is 5.41 Å². The summed E-state index contributed by atoms with van der Waals surface area (Å²) in [6, 6.07) is 6.50. The molecule has 0 N–H and O–H groups in total. The Labute approximate surface area is 96.6 Å². The molecule has 0 saturated heterocycles. The number of rotatable bonds is 0. The van der Waals surface area contributed by atoms with Gasteiger partial charge in [-0.15, -0.1) is 22.7 Å². The van der Waals surface area contributed by atoms with E-state index >= 15 is 0 Å². The molecule has 0 bridgehead atoms. The summed E-state index contributed by atoms with van der Waals surface area (Å²) in [7, 11) is 0. The molecule has 0 saturated carbocycles. The highest BCUT2D eigenvalue weighted by Gasteiger charge is 2.38. The number of thiophene rings is 2. The van der Waals surface area contributed by atoms with Crippen LogP contribution in [-0.4, -0.2) is 0 Å². The highest BCUT2D eigenvalue weighted by Crippen LogP contribution is 2.54. The van der Waals surface area contributed by atoms with Gasteiger partial charge in [0.05, 0.1) is 4.88 Å². The predicted molar refractivity (Wildman–Crippen MR) is 64.5 cm³/mol. The van der Waals surface area contributed by atoms with E-state index in [0.717, 1.165) is 4.88 Å². The lowest BCUT2D eigenvalue weighted by atomic mass is 9.84. The van der Waals surface area contributed by atoms with Crippen LogP contribution in [0.2, 0.25) is 0 Å². The van der Waals surface area contributed by atoms with Crippen LogP contribution >= 0.6 is 22.7 Å². The summed E-state index contributed by atoms with van der Waals surface area (Å²) >= 11 is 3.40. The van der Waals surface area contributed by atoms with Crippen LogP contribution < -0.4 is 0 Å². The zero-order valence-corrected chi connectivity index (χ0v) is 10.1. The molecule has 3 rings (SSSR count). The summed E-state index contributed by atoms with van der Waals surface area (Å²) in [5, 5.41) is 11.1. The highest BCUT2D eigenvalue weighted by molar-refractivity contribution is 7.22. The second kappa shape index (κ2) is 2.72. The minimum absolute atomic E-state index is 0.0796. The molecule has 0 aromatic carbocycles. The van der Waals surface area contributed by atoms with Crippen molar-refractivity contribution >= 4 is 22.7 Å². The Balaban J connectivity index is 2.37. The fourth-order valence-electron chi connectivity index (χ4n) is 2.20. The van der Waals surface area contributed by atoms with E-state index in [4.69, 9.17) is 5.26 Å². The van der Waals surface area contributed by atoms with Gasteiger partial charge < -0.3 is 0 Å². The molecular formula is C12H9NS2. The molecule has 1 aliphatic carbocycles. The van der Waals surface area contributed by atoms with Crippen LogP contribution in [0.15, 0.2) is 17.5 Å². The van der Waals surface area contributed by atoms with E-state index in [0.29, 0.717) is 0 Å². The molecule has 0 unspecified atom stereocenters. The van der Waals surface area contributed by atoms with Crippen molar-refractivity contribution in [3.8, 4) is 15.8 Å². The number of nitrogens with zero attached hydrogens (tertiary/aromatic N) is 1. The van der Waals surface area contributed by atoms with E-state index in [1.807, 2.05) is 6.07 Å². The van der Waals surface area contributed by atoms with Crippen molar-refractivity contribution in [1.29, 1.82) is 5.26 Å². The minimum Gasteiger partial charge on any atom is -0.192 e. The first kappa shape index (κ1) is 9.14. The zero-order chi connectivity index (χ0) is 10.6. The van der Waals surface area contributed by atoms with Gasteiger partial charge in [-0.2, -0.15) is 5.26 Å². The van der Waals surface area contributed by atoms with Crippen LogP contribution in [0.4, 0.5) is 0 Å². The van der Waals surface area contributed by atoms with Crippen LogP contribution in [0.5, 0.6) is 0 Å². The van der Waals surface area contributed by atoms with Gasteiger partial charge in [-0.3, -0.25) is 0 Å². The second-order valence-corrected chi connectivity index (χ2v) is 6.22. The summed E-state index contributed by atoms with van der Waals surface area (Å²) in [5.41, 5.74) is 2.82. The van der Waals surface area contributed by atoms with Crippen LogP contribution in [0.3, 0.4) is 0 Å². The normalized spacial score (nSPS) is 15.8. The maximum absolute atomic E-state index is 8.93. The van der Waals surface area contributed by atoms with E-state index in [1.165, 1.54) is 20.9 Å². The van der Waals surface area contributed by atoms with Gasteiger partial charge in [0.1, 0.15) is 10.9 Å². The molecule has 0 aliphatic heterocycles. The number of fused-ring (bicyclic) bond motifs is 3. The summed E-state index contributed by atoms with van der Waals surface area (Å²) in [4.78, 5) is 3.50. The number of nitriles is 1. The Morgan fingerprint density at radius 2 is 2.07 bits per heavy atom. The van der Waals surface area contributed by atoms with E-state index < -0.39 is 0 Å². The molecule has 15 heavy (non-hydrogen) atoms. The van der Waals surface area contributed by atoms with Crippen LogP contribution in [0.1, 0.15) is 29.9 Å². The zero-order valence-electron chi connectivity index (χ0n) is 8.50. The molecule has 0 atom stereocenters. The van der Waals surface area contributed by atoms with Gasteiger partial charge >= 0.3 is 0 Å². The van der Waals surface area contributed by atoms with Gasteiger partial charge in [0.25, 0.3) is 0 Å². The Morgan fingerprint density at radius 1 is 1.27 bits per heavy atom. The maximum atomic E-state index is 8.93. The van der Waals surface area contributed by atoms with Crippen molar-refractivity contribution in [2.75, 3.05) is 0 Å². The third-order valence-electron chi connectivity index (χ3n) is 3.06. The quantitative estimate of drug-likeness (QED) is 0.672. The standard InChI is InChI=1S/C12H9NS2/c1-12(2)8-3-4-14-10(8)11-9(12)5-7(6-13)15-11/h3-5H,1-2H3. The molecule has 3 heteroatoms. The second-order valence-electron chi connectivity index (χ2n) is 4.25. The van der Waals surface area contributed by atoms with Crippen molar-refractivity contribution in [3.05, 3.63) is 33.5 Å². The van der Waals surface area contributed by atoms with E-state index in [9.17, 15) is 0 Å². The molecule has 0 spiro atoms. The highest BCUT2D eigenvalue weighted by atomic mass is 32.1. The summed E-state index contributed by atoms with van der Waals surface area (Å²) in [5.74, 6) is 0. The van der Waals surface area contributed by atoms with Gasteiger partial charge in [-0.05, 0) is 28.6 Å². The lowest BCUT2D eigenvalue weighted by molar-refractivity contribution is 0.663. The molecule has 74 valence electrons. The third-order valence-corrected chi connectivity index (χ3v) is 5.18. The molecule has 2 aromatic rings. The van der Waals surface area contributed by atoms with Crippen molar-refractivity contribution in [2.24, 2.45) is 0 Å². The Bertz CT molecular complexity index is 581. The van der Waals surface area contributed by atoms with Crippen molar-refractivity contribution in [2.45, 2.75) is 19.3 Å². The van der Waals surface area contributed by atoms with Crippen molar-refractivity contribution in [1.82, 2.24) is 0 Å². The minimum atomic E-state index is 0.0796. The Hall–Kier alpha value is -1.11. The molecule has 1 nitrogen and oxygen atoms in total. The van der Waals surface area contributed by atoms with Crippen molar-refractivity contribution < 1.29 is 0 Å². The molecule has 1 aliphatic rings. The van der Waals surface area contributed by atoms with Gasteiger partial charge in [-0.25, -0.2) is 0 Å². The largest absolute Gasteiger partial charge is 0.192 e. The Kier molecular flexibility index (Phi) is 1.66. The predicted octanol–water partition coefficient (Wildman–Crippen LogP) is 3.99. The average molecular weight is 231 g/mol. The van der Waals surface area contributed by atoms with Gasteiger partial charge in [0.2, 0.25) is 0 Å². The topological polar surface area (TPSA) is 23.8 Å². The van der Waals surface area contributed by atoms with Gasteiger partial charge in [0.15, 0.2) is 0 Å². The summed E-state index contributed by atoms with van der Waals surface area (Å²) < 4.78 is 0. The Morgan fingerprint density at radius 3 is 2.80 bits per heavy atom. The lowest BCUT2D eigenvalue weighted by Crippen LogP contribution is -2.13. The third kappa shape index (κ3) is 1.01. The van der Waals surface area contributed by atoms with Gasteiger partial charge in [0, 0.05) is 10.3 Å². The fraction of sp³-hybridized carbons (Fsp3) is 0.250. The van der Waals surface area contributed by atoms with Crippen LogP contribution in [0, 0.1) is 11.3 Å². The first-order valence-corrected chi connectivity index (χ1v) is 6.47. The van der Waals surface area contributed by atoms with E-state index in [1.54, 1.807) is 22.7 Å². The first-order valence-electron chi connectivity index (χ1n) is 4.77. The SMILES string of the molecule is CC1(C)c2ccsc2-c2sc(C#N)cc21. The molecule has 2 heterocycles. The lowest BCUT2D eigenvalue weighted by Gasteiger charge is -2.18. The summed E-state index contributed by atoms with van der Waals surface area (Å²) in [6.07, 6.45) is 0. The number of hydrogen-bond acceptors (Lipinski definition) is 3. The molecule has 0 amide bonds. The smallest absolute Gasteiger partial charge is 0.110 e. The summed E-state index contributed by atoms with van der Waals surface area (Å²) in [6.45, 7) is 4.47. The molecule has 0 fully saturated rings. The fourth-order valence-corrected chi connectivity index (χ4v) is 4.55.